The molecule has 2 aromatic rings. The molecule has 0 aliphatic heterocycles. The highest BCUT2D eigenvalue weighted by Gasteiger charge is 2.13. The number of nitrogens with zero attached hydrogens (tertiary/aromatic N) is 2. The summed E-state index contributed by atoms with van der Waals surface area (Å²) in [4.78, 5) is 15.5. The zero-order valence-electron chi connectivity index (χ0n) is 9.19. The van der Waals surface area contributed by atoms with Crippen LogP contribution in [-0.2, 0) is 0 Å². The number of rotatable bonds is 2. The minimum absolute atomic E-state index is 0.269. The number of carbonyl (C=O) groups is 1. The van der Waals surface area contributed by atoms with Crippen LogP contribution in [-0.4, -0.2) is 15.7 Å². The summed E-state index contributed by atoms with van der Waals surface area (Å²) < 4.78 is 1.86. The Bertz CT molecular complexity index is 512. The van der Waals surface area contributed by atoms with E-state index in [0.29, 0.717) is 5.69 Å². The number of hydrogen-bond acceptors (Lipinski definition) is 2. The summed E-state index contributed by atoms with van der Waals surface area (Å²) in [6.07, 6.45) is 2.83. The number of imidazole rings is 1. The smallest absolute Gasteiger partial charge is 0.168 e. The normalized spacial score (nSPS) is 11.2. The Kier molecular flexibility index (Phi) is 2.31. The molecule has 0 N–H and O–H groups in total. The van der Waals surface area contributed by atoms with E-state index >= 15 is 0 Å². The topological polar surface area (TPSA) is 34.4 Å². The fraction of sp³-hybridized carbons (Fsp3) is 0.333. The molecule has 0 saturated heterocycles. The average Bonchev–Trinajstić information content (AvgIpc) is 2.55. The molecular weight excluding hydrogens is 188 g/mol. The Morgan fingerprint density at radius 2 is 2.13 bits per heavy atom. The highest BCUT2D eigenvalue weighted by atomic mass is 16.1. The number of aryl methyl sites for hydroxylation is 1. The van der Waals surface area contributed by atoms with Gasteiger partial charge in [0, 0.05) is 6.20 Å². The monoisotopic (exact) mass is 202 g/mol. The first-order chi connectivity index (χ1) is 7.13. The second kappa shape index (κ2) is 3.50. The van der Waals surface area contributed by atoms with Crippen molar-refractivity contribution in [3.05, 3.63) is 35.3 Å². The van der Waals surface area contributed by atoms with Crippen molar-refractivity contribution in [1.29, 1.82) is 0 Å². The third-order valence-electron chi connectivity index (χ3n) is 2.49. The van der Waals surface area contributed by atoms with Crippen molar-refractivity contribution < 1.29 is 4.79 Å². The Morgan fingerprint density at radius 1 is 1.40 bits per heavy atom. The summed E-state index contributed by atoms with van der Waals surface area (Å²) in [5, 5.41) is 0. The van der Waals surface area contributed by atoms with Gasteiger partial charge in [-0.3, -0.25) is 9.20 Å². The average molecular weight is 202 g/mol. The Morgan fingerprint density at radius 3 is 2.73 bits per heavy atom. The van der Waals surface area contributed by atoms with Crippen molar-refractivity contribution in [3.63, 3.8) is 0 Å². The van der Waals surface area contributed by atoms with Crippen molar-refractivity contribution in [1.82, 2.24) is 9.38 Å². The number of fused-ring (bicyclic) bond motifs is 1. The van der Waals surface area contributed by atoms with Gasteiger partial charge in [0.1, 0.15) is 11.3 Å². The molecule has 2 rings (SSSR count). The molecule has 0 atom stereocenters. The summed E-state index contributed by atoms with van der Waals surface area (Å²) >= 11 is 0. The molecule has 78 valence electrons. The quantitative estimate of drug-likeness (QED) is 0.701. The van der Waals surface area contributed by atoms with Gasteiger partial charge in [-0.25, -0.2) is 4.98 Å². The van der Waals surface area contributed by atoms with E-state index in [2.05, 4.69) is 4.98 Å². The predicted molar refractivity (Wildman–Crippen MR) is 59.4 cm³/mol. The van der Waals surface area contributed by atoms with Crippen LogP contribution in [0.25, 0.3) is 5.65 Å². The molecule has 0 aromatic carbocycles. The van der Waals surface area contributed by atoms with Gasteiger partial charge in [0.15, 0.2) is 6.29 Å². The second-order valence-electron chi connectivity index (χ2n) is 4.09. The molecule has 0 unspecified atom stereocenters. The highest BCUT2D eigenvalue weighted by Crippen LogP contribution is 2.19. The summed E-state index contributed by atoms with van der Waals surface area (Å²) in [7, 11) is 0. The van der Waals surface area contributed by atoms with Crippen LogP contribution in [0.2, 0.25) is 0 Å². The summed E-state index contributed by atoms with van der Waals surface area (Å²) in [6.45, 7) is 6.09. The maximum atomic E-state index is 11.1. The van der Waals surface area contributed by atoms with Gasteiger partial charge in [0.05, 0.1) is 5.69 Å². The van der Waals surface area contributed by atoms with Crippen molar-refractivity contribution in [3.8, 4) is 0 Å². The van der Waals surface area contributed by atoms with Gasteiger partial charge in [0.2, 0.25) is 0 Å². The van der Waals surface area contributed by atoms with E-state index in [1.807, 2.05) is 43.5 Å². The zero-order chi connectivity index (χ0) is 11.0. The molecule has 0 bridgehead atoms. The Labute approximate surface area is 88.8 Å². The molecule has 0 fully saturated rings. The van der Waals surface area contributed by atoms with Crippen LogP contribution >= 0.6 is 0 Å². The molecular formula is C12H14N2O. The SMILES string of the molecule is Cc1ccc2nc(C(C)C)c(C=O)n2c1. The van der Waals surface area contributed by atoms with Crippen LogP contribution in [0.1, 0.15) is 41.5 Å². The molecule has 15 heavy (non-hydrogen) atoms. The van der Waals surface area contributed by atoms with Gasteiger partial charge >= 0.3 is 0 Å². The molecule has 0 radical (unpaired) electrons. The number of aldehydes is 1. The molecule has 3 heteroatoms. The van der Waals surface area contributed by atoms with E-state index in [0.717, 1.165) is 23.2 Å². The third-order valence-corrected chi connectivity index (χ3v) is 2.49. The Hall–Kier alpha value is -1.64. The minimum Gasteiger partial charge on any atom is -0.297 e. The highest BCUT2D eigenvalue weighted by molar-refractivity contribution is 5.76. The van der Waals surface area contributed by atoms with Gasteiger partial charge < -0.3 is 0 Å². The molecule has 2 aromatic heterocycles. The second-order valence-corrected chi connectivity index (χ2v) is 4.09. The Balaban J connectivity index is 2.79. The molecule has 0 amide bonds. The maximum absolute atomic E-state index is 11.1. The van der Waals surface area contributed by atoms with Crippen LogP contribution in [0.15, 0.2) is 18.3 Å². The molecule has 0 spiro atoms. The lowest BCUT2D eigenvalue weighted by Gasteiger charge is -2.00. The first kappa shape index (κ1) is 9.90. The van der Waals surface area contributed by atoms with Gasteiger partial charge in [-0.05, 0) is 24.5 Å². The maximum Gasteiger partial charge on any atom is 0.168 e. The van der Waals surface area contributed by atoms with Crippen LogP contribution in [0.3, 0.4) is 0 Å². The first-order valence-electron chi connectivity index (χ1n) is 5.07. The van der Waals surface area contributed by atoms with Crippen LogP contribution in [0.4, 0.5) is 0 Å². The van der Waals surface area contributed by atoms with Crippen molar-refractivity contribution in [2.24, 2.45) is 0 Å². The van der Waals surface area contributed by atoms with Gasteiger partial charge in [-0.15, -0.1) is 0 Å². The fourth-order valence-electron chi connectivity index (χ4n) is 1.73. The van der Waals surface area contributed by atoms with Crippen molar-refractivity contribution in [2.75, 3.05) is 0 Å². The predicted octanol–water partition coefficient (Wildman–Crippen LogP) is 2.58. The third kappa shape index (κ3) is 1.54. The van der Waals surface area contributed by atoms with Crippen LogP contribution in [0, 0.1) is 6.92 Å². The standard InChI is InChI=1S/C12H14N2O/c1-8(2)12-10(7-15)14-6-9(3)4-5-11(14)13-12/h4-8H,1-3H3. The zero-order valence-corrected chi connectivity index (χ0v) is 9.19. The van der Waals surface area contributed by atoms with Crippen molar-refractivity contribution >= 4 is 11.9 Å². The number of carbonyl (C=O) groups excluding carboxylic acids is 1. The van der Waals surface area contributed by atoms with E-state index < -0.39 is 0 Å². The van der Waals surface area contributed by atoms with E-state index in [1.165, 1.54) is 0 Å². The molecule has 2 heterocycles. The number of hydrogen-bond donors (Lipinski definition) is 0. The first-order valence-corrected chi connectivity index (χ1v) is 5.07. The van der Waals surface area contributed by atoms with Gasteiger partial charge in [0.25, 0.3) is 0 Å². The summed E-state index contributed by atoms with van der Waals surface area (Å²) in [6, 6.07) is 3.94. The largest absolute Gasteiger partial charge is 0.297 e. The lowest BCUT2D eigenvalue weighted by atomic mass is 10.1. The van der Waals surface area contributed by atoms with Gasteiger partial charge in [-0.2, -0.15) is 0 Å². The minimum atomic E-state index is 0.269. The number of aromatic nitrogens is 2. The molecule has 0 saturated carbocycles. The van der Waals surface area contributed by atoms with Crippen molar-refractivity contribution in [2.45, 2.75) is 26.7 Å². The fourth-order valence-corrected chi connectivity index (χ4v) is 1.73. The van der Waals surface area contributed by atoms with E-state index in [1.54, 1.807) is 0 Å². The summed E-state index contributed by atoms with van der Waals surface area (Å²) in [5.41, 5.74) is 3.50. The molecule has 3 nitrogen and oxygen atoms in total. The number of pyridine rings is 1. The molecule has 0 aliphatic rings. The van der Waals surface area contributed by atoms with E-state index in [-0.39, 0.29) is 5.92 Å². The van der Waals surface area contributed by atoms with Crippen LogP contribution < -0.4 is 0 Å². The molecule has 0 aliphatic carbocycles. The lowest BCUT2D eigenvalue weighted by Crippen LogP contribution is -1.96. The lowest BCUT2D eigenvalue weighted by molar-refractivity contribution is 0.111. The van der Waals surface area contributed by atoms with E-state index in [4.69, 9.17) is 0 Å². The van der Waals surface area contributed by atoms with Crippen LogP contribution in [0.5, 0.6) is 0 Å². The van der Waals surface area contributed by atoms with Gasteiger partial charge in [-0.1, -0.05) is 19.9 Å². The summed E-state index contributed by atoms with van der Waals surface area (Å²) in [5.74, 6) is 0.269. The van der Waals surface area contributed by atoms with E-state index in [9.17, 15) is 4.79 Å².